The molecule has 4 heteroatoms. The van der Waals surface area contributed by atoms with Crippen molar-refractivity contribution in [2.24, 2.45) is 0 Å². The second-order valence-corrected chi connectivity index (χ2v) is 5.11. The van der Waals surface area contributed by atoms with E-state index in [-0.39, 0.29) is 18.1 Å². The molecule has 0 spiro atoms. The lowest BCUT2D eigenvalue weighted by Gasteiger charge is -2.31. The average molecular weight is 257 g/mol. The van der Waals surface area contributed by atoms with Gasteiger partial charge in [0.2, 0.25) is 0 Å². The highest BCUT2D eigenvalue weighted by Crippen LogP contribution is 2.16. The Morgan fingerprint density at radius 1 is 1.50 bits per heavy atom. The van der Waals surface area contributed by atoms with Crippen LogP contribution >= 0.6 is 0 Å². The summed E-state index contributed by atoms with van der Waals surface area (Å²) in [6, 6.07) is -0.125. The molecule has 0 aromatic heterocycles. The third-order valence-corrected chi connectivity index (χ3v) is 3.60. The van der Waals surface area contributed by atoms with Gasteiger partial charge < -0.3 is 9.47 Å². The summed E-state index contributed by atoms with van der Waals surface area (Å²) >= 11 is 0. The molecular formula is C14H27NO3. The van der Waals surface area contributed by atoms with E-state index < -0.39 is 0 Å². The second-order valence-electron chi connectivity index (χ2n) is 5.11. The molecule has 0 bridgehead atoms. The van der Waals surface area contributed by atoms with Crippen molar-refractivity contribution in [3.63, 3.8) is 0 Å². The molecule has 0 amide bonds. The number of hydrogen-bond acceptors (Lipinski definition) is 4. The topological polar surface area (TPSA) is 38.8 Å². The summed E-state index contributed by atoms with van der Waals surface area (Å²) in [4.78, 5) is 13.9. The van der Waals surface area contributed by atoms with Crippen LogP contribution in [0.4, 0.5) is 0 Å². The lowest BCUT2D eigenvalue weighted by Crippen LogP contribution is -2.44. The summed E-state index contributed by atoms with van der Waals surface area (Å²) in [5.41, 5.74) is 0. The minimum Gasteiger partial charge on any atom is -0.468 e. The Hall–Kier alpha value is -0.610. The number of hydrogen-bond donors (Lipinski definition) is 0. The lowest BCUT2D eigenvalue weighted by atomic mass is 10.1. The minimum atomic E-state index is -0.125. The first-order chi connectivity index (χ1) is 8.69. The van der Waals surface area contributed by atoms with Crippen LogP contribution in [0.3, 0.4) is 0 Å². The maximum atomic E-state index is 11.8. The Morgan fingerprint density at radius 2 is 2.28 bits per heavy atom. The molecule has 0 saturated carbocycles. The van der Waals surface area contributed by atoms with E-state index in [4.69, 9.17) is 9.47 Å². The van der Waals surface area contributed by atoms with Crippen LogP contribution in [-0.4, -0.2) is 50.3 Å². The SMILES string of the molecule is CCCCC(C(=O)OC)N(C)CC1CCCCO1. The quantitative estimate of drug-likeness (QED) is 0.656. The molecule has 0 N–H and O–H groups in total. The molecule has 1 aliphatic heterocycles. The number of likely N-dealkylation sites (N-methyl/N-ethyl adjacent to an activating group) is 1. The highest BCUT2D eigenvalue weighted by molar-refractivity contribution is 5.75. The van der Waals surface area contributed by atoms with E-state index in [1.54, 1.807) is 0 Å². The predicted octanol–water partition coefficient (Wildman–Crippen LogP) is 2.22. The van der Waals surface area contributed by atoms with E-state index >= 15 is 0 Å². The van der Waals surface area contributed by atoms with E-state index in [1.165, 1.54) is 13.5 Å². The van der Waals surface area contributed by atoms with Crippen LogP contribution in [-0.2, 0) is 14.3 Å². The zero-order chi connectivity index (χ0) is 13.4. The number of ether oxygens (including phenoxy) is 2. The second kappa shape index (κ2) is 8.48. The monoisotopic (exact) mass is 257 g/mol. The number of rotatable bonds is 7. The van der Waals surface area contributed by atoms with E-state index in [0.29, 0.717) is 0 Å². The van der Waals surface area contributed by atoms with Crippen molar-refractivity contribution in [1.82, 2.24) is 4.90 Å². The van der Waals surface area contributed by atoms with Crippen molar-refractivity contribution in [2.75, 3.05) is 27.3 Å². The molecule has 1 saturated heterocycles. The zero-order valence-electron chi connectivity index (χ0n) is 12.0. The van der Waals surface area contributed by atoms with Crippen LogP contribution < -0.4 is 0 Å². The summed E-state index contributed by atoms with van der Waals surface area (Å²) in [6.45, 7) is 3.82. The molecule has 1 heterocycles. The number of nitrogens with zero attached hydrogens (tertiary/aromatic N) is 1. The van der Waals surface area contributed by atoms with Gasteiger partial charge in [-0.2, -0.15) is 0 Å². The summed E-state index contributed by atoms with van der Waals surface area (Å²) in [5.74, 6) is -0.123. The fourth-order valence-electron chi connectivity index (χ4n) is 2.45. The van der Waals surface area contributed by atoms with Crippen molar-refractivity contribution >= 4 is 5.97 Å². The third kappa shape index (κ3) is 4.94. The van der Waals surface area contributed by atoms with Crippen molar-refractivity contribution in [3.8, 4) is 0 Å². The first-order valence-electron chi connectivity index (χ1n) is 7.08. The molecule has 1 aliphatic rings. The highest BCUT2D eigenvalue weighted by Gasteiger charge is 2.26. The molecule has 0 aromatic rings. The van der Waals surface area contributed by atoms with Crippen LogP contribution in [0.1, 0.15) is 45.4 Å². The smallest absolute Gasteiger partial charge is 0.323 e. The largest absolute Gasteiger partial charge is 0.468 e. The number of esters is 1. The van der Waals surface area contributed by atoms with Gasteiger partial charge in [-0.05, 0) is 32.7 Å². The van der Waals surface area contributed by atoms with Gasteiger partial charge in [-0.15, -0.1) is 0 Å². The number of carbonyl (C=O) groups excluding carboxylic acids is 1. The van der Waals surface area contributed by atoms with E-state index in [9.17, 15) is 4.79 Å². The van der Waals surface area contributed by atoms with Gasteiger partial charge in [-0.25, -0.2) is 0 Å². The normalized spacial score (nSPS) is 21.9. The molecular weight excluding hydrogens is 230 g/mol. The van der Waals surface area contributed by atoms with Gasteiger partial charge in [0.1, 0.15) is 6.04 Å². The predicted molar refractivity (Wildman–Crippen MR) is 71.6 cm³/mol. The molecule has 1 rings (SSSR count). The first-order valence-corrected chi connectivity index (χ1v) is 7.08. The Morgan fingerprint density at radius 3 is 2.83 bits per heavy atom. The number of unbranched alkanes of at least 4 members (excludes halogenated alkanes) is 1. The Bertz CT molecular complexity index is 239. The van der Waals surface area contributed by atoms with Gasteiger partial charge in [-0.3, -0.25) is 9.69 Å². The molecule has 2 atom stereocenters. The highest BCUT2D eigenvalue weighted by atomic mass is 16.5. The summed E-state index contributed by atoms with van der Waals surface area (Å²) < 4.78 is 10.6. The molecule has 1 fully saturated rings. The van der Waals surface area contributed by atoms with E-state index in [1.807, 2.05) is 7.05 Å². The van der Waals surface area contributed by atoms with Crippen molar-refractivity contribution in [3.05, 3.63) is 0 Å². The van der Waals surface area contributed by atoms with Crippen LogP contribution in [0, 0.1) is 0 Å². The summed E-state index contributed by atoms with van der Waals surface area (Å²) in [5, 5.41) is 0. The molecule has 2 unspecified atom stereocenters. The Balaban J connectivity index is 2.46. The molecule has 0 radical (unpaired) electrons. The van der Waals surface area contributed by atoms with Crippen LogP contribution in [0.2, 0.25) is 0 Å². The first kappa shape index (κ1) is 15.4. The molecule has 4 nitrogen and oxygen atoms in total. The molecule has 18 heavy (non-hydrogen) atoms. The molecule has 0 aromatic carbocycles. The van der Waals surface area contributed by atoms with Crippen LogP contribution in [0.15, 0.2) is 0 Å². The van der Waals surface area contributed by atoms with Gasteiger partial charge >= 0.3 is 5.97 Å². The van der Waals surface area contributed by atoms with Crippen molar-refractivity contribution in [1.29, 1.82) is 0 Å². The number of methoxy groups -OCH3 is 1. The summed E-state index contributed by atoms with van der Waals surface area (Å²) in [7, 11) is 3.46. The molecule has 0 aliphatic carbocycles. The van der Waals surface area contributed by atoms with E-state index in [2.05, 4.69) is 11.8 Å². The maximum absolute atomic E-state index is 11.8. The van der Waals surface area contributed by atoms with Crippen molar-refractivity contribution in [2.45, 2.75) is 57.6 Å². The third-order valence-electron chi connectivity index (χ3n) is 3.60. The lowest BCUT2D eigenvalue weighted by molar-refractivity contribution is -0.147. The van der Waals surface area contributed by atoms with Gasteiger partial charge in [0.15, 0.2) is 0 Å². The zero-order valence-corrected chi connectivity index (χ0v) is 12.0. The average Bonchev–Trinajstić information content (AvgIpc) is 2.40. The van der Waals surface area contributed by atoms with Gasteiger partial charge in [0.05, 0.1) is 13.2 Å². The van der Waals surface area contributed by atoms with Crippen molar-refractivity contribution < 1.29 is 14.3 Å². The fraction of sp³-hybridized carbons (Fsp3) is 0.929. The van der Waals surface area contributed by atoms with Gasteiger partial charge in [0, 0.05) is 13.2 Å². The number of carbonyl (C=O) groups is 1. The van der Waals surface area contributed by atoms with Crippen LogP contribution in [0.25, 0.3) is 0 Å². The Labute approximate surface area is 111 Å². The minimum absolute atomic E-state index is 0.123. The standard InChI is InChI=1S/C14H27NO3/c1-4-5-9-13(14(16)17-3)15(2)11-12-8-6-7-10-18-12/h12-13H,4-11H2,1-3H3. The van der Waals surface area contributed by atoms with E-state index in [0.717, 1.165) is 45.3 Å². The molecule has 106 valence electrons. The maximum Gasteiger partial charge on any atom is 0.323 e. The summed E-state index contributed by atoms with van der Waals surface area (Å²) in [6.07, 6.45) is 6.79. The fourth-order valence-corrected chi connectivity index (χ4v) is 2.45. The van der Waals surface area contributed by atoms with Gasteiger partial charge in [-0.1, -0.05) is 19.8 Å². The Kier molecular flexibility index (Phi) is 7.28. The van der Waals surface area contributed by atoms with Gasteiger partial charge in [0.25, 0.3) is 0 Å². The van der Waals surface area contributed by atoms with Crippen LogP contribution in [0.5, 0.6) is 0 Å².